The first-order valence-corrected chi connectivity index (χ1v) is 14.6. The summed E-state index contributed by atoms with van der Waals surface area (Å²) >= 11 is 5.94. The van der Waals surface area contributed by atoms with Crippen molar-refractivity contribution in [3.8, 4) is 17.2 Å². The van der Waals surface area contributed by atoms with Crippen LogP contribution in [0.4, 0.5) is 0 Å². The molecule has 7 heteroatoms. The first kappa shape index (κ1) is 28.1. The van der Waals surface area contributed by atoms with Gasteiger partial charge in [0.1, 0.15) is 17.2 Å². The van der Waals surface area contributed by atoms with E-state index in [4.69, 9.17) is 21.1 Å². The number of halogens is 1. The third kappa shape index (κ3) is 6.29. The molecular weight excluding hydrogens is 522 g/mol. The lowest BCUT2D eigenvalue weighted by molar-refractivity contribution is 0.0638. The van der Waals surface area contributed by atoms with Crippen molar-refractivity contribution in [2.45, 2.75) is 33.2 Å². The second-order valence-corrected chi connectivity index (χ2v) is 10.8. The monoisotopic (exact) mass is 559 g/mol. The average Bonchev–Trinajstić information content (AvgIpc) is 3.23. The van der Waals surface area contributed by atoms with Gasteiger partial charge in [-0.05, 0) is 86.3 Å². The number of hydrogen-bond donors (Lipinski definition) is 0. The number of fused-ring (bicyclic) bond motifs is 1. The molecule has 1 saturated heterocycles. The maximum absolute atomic E-state index is 13.3. The Labute approximate surface area is 242 Å². The van der Waals surface area contributed by atoms with Crippen molar-refractivity contribution in [2.75, 3.05) is 45.7 Å². The molecule has 0 saturated carbocycles. The highest BCUT2D eigenvalue weighted by Crippen LogP contribution is 2.31. The molecule has 1 aliphatic rings. The van der Waals surface area contributed by atoms with Crippen molar-refractivity contribution in [2.24, 2.45) is 0 Å². The molecule has 5 rings (SSSR count). The summed E-state index contributed by atoms with van der Waals surface area (Å²) in [4.78, 5) is 17.7. The number of aryl methyl sites for hydroxylation is 2. The van der Waals surface area contributed by atoms with E-state index in [0.717, 1.165) is 63.6 Å². The molecule has 210 valence electrons. The number of amides is 1. The van der Waals surface area contributed by atoms with Gasteiger partial charge in [-0.25, -0.2) is 0 Å². The lowest BCUT2D eigenvalue weighted by atomic mass is 10.1. The number of carbonyl (C=O) groups excluding carboxylic acids is 1. The number of hydrogen-bond acceptors (Lipinski definition) is 4. The molecule has 3 aromatic carbocycles. The lowest BCUT2D eigenvalue weighted by Crippen LogP contribution is -2.49. The Morgan fingerprint density at radius 3 is 2.33 bits per heavy atom. The van der Waals surface area contributed by atoms with Gasteiger partial charge in [0.2, 0.25) is 0 Å². The third-order valence-corrected chi connectivity index (χ3v) is 8.24. The smallest absolute Gasteiger partial charge is 0.254 e. The highest BCUT2D eigenvalue weighted by atomic mass is 35.5. The molecule has 1 aliphatic heterocycles. The summed E-state index contributed by atoms with van der Waals surface area (Å²) in [6.45, 7) is 9.39. The Bertz CT molecular complexity index is 1460. The summed E-state index contributed by atoms with van der Waals surface area (Å²) in [6.07, 6.45) is 1.92. The molecule has 0 spiro atoms. The van der Waals surface area contributed by atoms with Gasteiger partial charge < -0.3 is 18.9 Å². The fraction of sp³-hybridized carbons (Fsp3) is 0.364. The van der Waals surface area contributed by atoms with Gasteiger partial charge in [-0.15, -0.1) is 11.6 Å². The van der Waals surface area contributed by atoms with Gasteiger partial charge in [-0.3, -0.25) is 9.69 Å². The summed E-state index contributed by atoms with van der Waals surface area (Å²) in [5.41, 5.74) is 5.65. The largest absolute Gasteiger partial charge is 0.497 e. The molecule has 6 nitrogen and oxygen atoms in total. The minimum Gasteiger partial charge on any atom is -0.497 e. The number of carbonyl (C=O) groups is 1. The van der Waals surface area contributed by atoms with Gasteiger partial charge in [0, 0.05) is 67.3 Å². The fourth-order valence-electron chi connectivity index (χ4n) is 5.46. The molecule has 40 heavy (non-hydrogen) atoms. The highest BCUT2D eigenvalue weighted by Gasteiger charge is 2.22. The van der Waals surface area contributed by atoms with Gasteiger partial charge >= 0.3 is 0 Å². The fourth-order valence-corrected chi connectivity index (χ4v) is 5.58. The van der Waals surface area contributed by atoms with Crippen molar-refractivity contribution in [1.82, 2.24) is 14.4 Å². The summed E-state index contributed by atoms with van der Waals surface area (Å²) in [6, 6.07) is 22.0. The molecule has 4 aromatic rings. The predicted molar refractivity (Wildman–Crippen MR) is 162 cm³/mol. The number of alkyl halides is 1. The van der Waals surface area contributed by atoms with E-state index in [1.54, 1.807) is 7.11 Å². The van der Waals surface area contributed by atoms with Gasteiger partial charge in [0.05, 0.1) is 7.11 Å². The number of benzene rings is 3. The molecule has 0 unspecified atom stereocenters. The Morgan fingerprint density at radius 1 is 0.875 bits per heavy atom. The van der Waals surface area contributed by atoms with Gasteiger partial charge in [-0.1, -0.05) is 18.2 Å². The number of methoxy groups -OCH3 is 1. The normalized spacial score (nSPS) is 14.1. The van der Waals surface area contributed by atoms with E-state index in [9.17, 15) is 4.79 Å². The maximum atomic E-state index is 13.3. The van der Waals surface area contributed by atoms with Crippen LogP contribution in [-0.2, 0) is 13.0 Å². The third-order valence-electron chi connectivity index (χ3n) is 7.98. The van der Waals surface area contributed by atoms with Gasteiger partial charge in [0.15, 0.2) is 0 Å². The number of ether oxygens (including phenoxy) is 2. The molecule has 1 amide bonds. The van der Waals surface area contributed by atoms with Crippen molar-refractivity contribution in [3.63, 3.8) is 0 Å². The second-order valence-electron chi connectivity index (χ2n) is 10.4. The van der Waals surface area contributed by atoms with E-state index < -0.39 is 0 Å². The van der Waals surface area contributed by atoms with Crippen molar-refractivity contribution >= 4 is 28.4 Å². The van der Waals surface area contributed by atoms with E-state index in [2.05, 4.69) is 47.6 Å². The predicted octanol–water partition coefficient (Wildman–Crippen LogP) is 6.69. The number of rotatable bonds is 10. The first-order valence-electron chi connectivity index (χ1n) is 14.0. The molecular formula is C33H38ClN3O3. The van der Waals surface area contributed by atoms with E-state index >= 15 is 0 Å². The first-order chi connectivity index (χ1) is 19.5. The average molecular weight is 560 g/mol. The van der Waals surface area contributed by atoms with Crippen LogP contribution in [-0.4, -0.2) is 66.0 Å². The van der Waals surface area contributed by atoms with Crippen molar-refractivity contribution < 1.29 is 14.3 Å². The second kappa shape index (κ2) is 12.8. The summed E-state index contributed by atoms with van der Waals surface area (Å²) in [7, 11) is 1.69. The molecule has 1 aromatic heterocycles. The van der Waals surface area contributed by atoms with E-state index in [1.807, 2.05) is 47.4 Å². The molecule has 1 fully saturated rings. The van der Waals surface area contributed by atoms with Crippen LogP contribution in [0.3, 0.4) is 0 Å². The number of nitrogens with zero attached hydrogens (tertiary/aromatic N) is 3. The van der Waals surface area contributed by atoms with Crippen LogP contribution >= 0.6 is 11.6 Å². The van der Waals surface area contributed by atoms with Crippen LogP contribution in [0.5, 0.6) is 17.2 Å². The van der Waals surface area contributed by atoms with Crippen LogP contribution in [0.1, 0.15) is 33.6 Å². The summed E-state index contributed by atoms with van der Waals surface area (Å²) < 4.78 is 13.8. The molecule has 0 atom stereocenters. The van der Waals surface area contributed by atoms with Crippen LogP contribution < -0.4 is 9.47 Å². The van der Waals surface area contributed by atoms with Crippen LogP contribution in [0.15, 0.2) is 66.7 Å². The minimum absolute atomic E-state index is 0.0542. The Morgan fingerprint density at radius 2 is 1.60 bits per heavy atom. The lowest BCUT2D eigenvalue weighted by Gasteiger charge is -2.34. The zero-order valence-corrected chi connectivity index (χ0v) is 24.4. The Hall–Kier alpha value is -3.48. The Kier molecular flexibility index (Phi) is 8.98. The summed E-state index contributed by atoms with van der Waals surface area (Å²) in [5.74, 6) is 3.01. The van der Waals surface area contributed by atoms with Gasteiger partial charge in [-0.2, -0.15) is 0 Å². The van der Waals surface area contributed by atoms with Crippen LogP contribution in [0.25, 0.3) is 10.9 Å². The molecule has 0 aliphatic carbocycles. The quantitative estimate of drug-likeness (QED) is 0.203. The van der Waals surface area contributed by atoms with Crippen molar-refractivity contribution in [3.05, 3.63) is 89.1 Å². The molecule has 0 N–H and O–H groups in total. The molecule has 0 radical (unpaired) electrons. The van der Waals surface area contributed by atoms with Crippen LogP contribution in [0, 0.1) is 13.8 Å². The molecule has 0 bridgehead atoms. The number of aromatic nitrogens is 1. The van der Waals surface area contributed by atoms with Crippen LogP contribution in [0.2, 0.25) is 0 Å². The van der Waals surface area contributed by atoms with Gasteiger partial charge in [0.25, 0.3) is 5.91 Å². The topological polar surface area (TPSA) is 46.9 Å². The van der Waals surface area contributed by atoms with Crippen molar-refractivity contribution in [1.29, 1.82) is 0 Å². The minimum atomic E-state index is 0.0542. The maximum Gasteiger partial charge on any atom is 0.254 e. The Balaban J connectivity index is 1.19. The summed E-state index contributed by atoms with van der Waals surface area (Å²) in [5, 5.41) is 1.18. The number of piperazine rings is 1. The highest BCUT2D eigenvalue weighted by molar-refractivity contribution is 6.17. The SMILES string of the molecule is COc1ccc(CCN2CCN(C(=O)c3cccc(Oc4ccc5c(c4)c(C)c(C)n5CCCCl)c3)CC2)cc1. The zero-order valence-electron chi connectivity index (χ0n) is 23.7. The standard InChI is InChI=1S/C33H38ClN3O3/c1-24-25(2)37(16-5-15-34)32-13-12-30(23-31(24)32)40-29-7-4-6-27(22-29)33(38)36-20-18-35(19-21-36)17-14-26-8-10-28(39-3)11-9-26/h4,6-13,22-23H,5,14-21H2,1-3H3. The van der Waals surface area contributed by atoms with E-state index in [0.29, 0.717) is 17.2 Å². The molecule has 2 heterocycles. The van der Waals surface area contributed by atoms with E-state index in [1.165, 1.54) is 27.7 Å². The van der Waals surface area contributed by atoms with E-state index in [-0.39, 0.29) is 5.91 Å². The zero-order chi connectivity index (χ0) is 28.1.